The van der Waals surface area contributed by atoms with Gasteiger partial charge in [0.1, 0.15) is 11.5 Å². The van der Waals surface area contributed by atoms with E-state index in [-0.39, 0.29) is 0 Å². The van der Waals surface area contributed by atoms with Gasteiger partial charge in [-0.25, -0.2) is 4.98 Å². The number of aromatic nitrogens is 2. The minimum atomic E-state index is 0.590. The van der Waals surface area contributed by atoms with Gasteiger partial charge in [-0.1, -0.05) is 53.7 Å². The molecule has 148 valence electrons. The number of benzene rings is 3. The number of fused-ring (bicyclic) bond motifs is 1. The van der Waals surface area contributed by atoms with Crippen molar-refractivity contribution in [3.05, 3.63) is 83.4 Å². The van der Waals surface area contributed by atoms with Crippen LogP contribution in [0.2, 0.25) is 5.02 Å². The fourth-order valence-electron chi connectivity index (χ4n) is 3.07. The zero-order chi connectivity index (χ0) is 20.1. The number of ether oxygens (including phenoxy) is 2. The van der Waals surface area contributed by atoms with Crippen LogP contribution in [0.15, 0.2) is 78.0 Å². The van der Waals surface area contributed by atoms with Crippen molar-refractivity contribution in [2.24, 2.45) is 0 Å². The molecule has 0 saturated heterocycles. The van der Waals surface area contributed by atoms with Crippen LogP contribution in [-0.4, -0.2) is 29.0 Å². The molecule has 0 amide bonds. The molecule has 6 heteroatoms. The van der Waals surface area contributed by atoms with E-state index < -0.39 is 0 Å². The summed E-state index contributed by atoms with van der Waals surface area (Å²) < 4.78 is 13.3. The zero-order valence-corrected chi connectivity index (χ0v) is 17.6. The molecule has 0 N–H and O–H groups in total. The normalized spacial score (nSPS) is 11.0. The van der Waals surface area contributed by atoms with Gasteiger partial charge in [-0.15, -0.1) is 0 Å². The first kappa shape index (κ1) is 19.7. The van der Waals surface area contributed by atoms with Gasteiger partial charge >= 0.3 is 0 Å². The summed E-state index contributed by atoms with van der Waals surface area (Å²) in [6.45, 7) is 1.35. The van der Waals surface area contributed by atoms with E-state index in [0.717, 1.165) is 40.0 Å². The Morgan fingerprint density at radius 1 is 0.966 bits per heavy atom. The molecule has 4 aromatic rings. The van der Waals surface area contributed by atoms with Gasteiger partial charge in [0.05, 0.1) is 31.3 Å². The summed E-state index contributed by atoms with van der Waals surface area (Å²) in [7, 11) is 1.65. The minimum Gasteiger partial charge on any atom is -0.497 e. The van der Waals surface area contributed by atoms with Crippen molar-refractivity contribution in [3.63, 3.8) is 0 Å². The quantitative estimate of drug-likeness (QED) is 0.260. The van der Waals surface area contributed by atoms with Crippen molar-refractivity contribution in [1.29, 1.82) is 0 Å². The van der Waals surface area contributed by atoms with Crippen LogP contribution in [0.25, 0.3) is 11.0 Å². The third-order valence-corrected chi connectivity index (χ3v) is 5.68. The van der Waals surface area contributed by atoms with Crippen LogP contribution >= 0.6 is 23.4 Å². The lowest BCUT2D eigenvalue weighted by Gasteiger charge is -2.10. The Bertz CT molecular complexity index is 1080. The summed E-state index contributed by atoms with van der Waals surface area (Å²) in [5, 5.41) is 1.66. The Morgan fingerprint density at radius 3 is 2.48 bits per heavy atom. The summed E-state index contributed by atoms with van der Waals surface area (Å²) in [6, 6.07) is 23.9. The van der Waals surface area contributed by atoms with Crippen LogP contribution < -0.4 is 9.47 Å². The minimum absolute atomic E-state index is 0.590. The molecule has 3 aromatic carbocycles. The number of hydrogen-bond donors (Lipinski definition) is 0. The highest BCUT2D eigenvalue weighted by Gasteiger charge is 2.12. The van der Waals surface area contributed by atoms with Crippen molar-refractivity contribution >= 4 is 34.4 Å². The standard InChI is InChI=1S/C23H21ClN2O2S/c1-27-19-8-10-20(11-9-19)28-13-14-29-23-25-21-15-18(24)7-12-22(21)26(23)16-17-5-3-2-4-6-17/h2-12,15H,13-14,16H2,1H3. The molecule has 4 rings (SSSR count). The molecule has 0 aliphatic heterocycles. The lowest BCUT2D eigenvalue weighted by atomic mass is 10.2. The Morgan fingerprint density at radius 2 is 1.72 bits per heavy atom. The molecule has 1 aromatic heterocycles. The zero-order valence-electron chi connectivity index (χ0n) is 16.0. The lowest BCUT2D eigenvalue weighted by Crippen LogP contribution is -2.04. The van der Waals surface area contributed by atoms with E-state index in [1.54, 1.807) is 18.9 Å². The van der Waals surface area contributed by atoms with Gasteiger partial charge in [0, 0.05) is 10.8 Å². The van der Waals surface area contributed by atoms with Gasteiger partial charge in [-0.2, -0.15) is 0 Å². The predicted octanol–water partition coefficient (Wildman–Crippen LogP) is 5.92. The van der Waals surface area contributed by atoms with Gasteiger partial charge < -0.3 is 14.0 Å². The summed E-state index contributed by atoms with van der Waals surface area (Å²) in [6.07, 6.45) is 0. The van der Waals surface area contributed by atoms with Gasteiger partial charge in [-0.3, -0.25) is 0 Å². The summed E-state index contributed by atoms with van der Waals surface area (Å²) in [5.74, 6) is 2.44. The monoisotopic (exact) mass is 424 g/mol. The van der Waals surface area contributed by atoms with Crippen molar-refractivity contribution < 1.29 is 9.47 Å². The summed E-state index contributed by atoms with van der Waals surface area (Å²) in [4.78, 5) is 4.81. The Balaban J connectivity index is 1.47. The molecule has 0 aliphatic carbocycles. The molecule has 0 atom stereocenters. The van der Waals surface area contributed by atoms with Crippen LogP contribution in [0, 0.1) is 0 Å². The molecule has 0 bridgehead atoms. The molecule has 0 radical (unpaired) electrons. The van der Waals surface area contributed by atoms with Gasteiger partial charge in [0.15, 0.2) is 5.16 Å². The third kappa shape index (κ3) is 4.86. The fraction of sp³-hybridized carbons (Fsp3) is 0.174. The van der Waals surface area contributed by atoms with Crippen molar-refractivity contribution in [2.75, 3.05) is 19.5 Å². The maximum atomic E-state index is 6.17. The molecule has 0 saturated carbocycles. The van der Waals surface area contributed by atoms with Gasteiger partial charge in [0.25, 0.3) is 0 Å². The highest BCUT2D eigenvalue weighted by Crippen LogP contribution is 2.27. The maximum Gasteiger partial charge on any atom is 0.169 e. The number of methoxy groups -OCH3 is 1. The molecule has 0 fully saturated rings. The second kappa shape index (κ2) is 9.25. The first-order valence-electron chi connectivity index (χ1n) is 9.32. The molecular formula is C23H21ClN2O2S. The first-order valence-corrected chi connectivity index (χ1v) is 10.7. The highest BCUT2D eigenvalue weighted by molar-refractivity contribution is 7.99. The summed E-state index contributed by atoms with van der Waals surface area (Å²) >= 11 is 7.86. The van der Waals surface area contributed by atoms with E-state index in [0.29, 0.717) is 11.6 Å². The fourth-order valence-corrected chi connectivity index (χ4v) is 4.07. The second-order valence-corrected chi connectivity index (χ2v) is 7.97. The smallest absolute Gasteiger partial charge is 0.169 e. The van der Waals surface area contributed by atoms with Crippen molar-refractivity contribution in [3.8, 4) is 11.5 Å². The van der Waals surface area contributed by atoms with E-state index in [9.17, 15) is 0 Å². The molecule has 0 unspecified atom stereocenters. The van der Waals surface area contributed by atoms with Gasteiger partial charge in [0.2, 0.25) is 0 Å². The van der Waals surface area contributed by atoms with E-state index in [1.807, 2.05) is 48.5 Å². The third-order valence-electron chi connectivity index (χ3n) is 4.50. The highest BCUT2D eigenvalue weighted by atomic mass is 35.5. The molecule has 0 aliphatic rings. The molecular weight excluding hydrogens is 404 g/mol. The molecule has 29 heavy (non-hydrogen) atoms. The van der Waals surface area contributed by atoms with E-state index in [2.05, 4.69) is 28.8 Å². The number of imidazole rings is 1. The summed E-state index contributed by atoms with van der Waals surface area (Å²) in [5.41, 5.74) is 3.22. The first-order chi connectivity index (χ1) is 14.2. The van der Waals surface area contributed by atoms with Crippen LogP contribution in [0.3, 0.4) is 0 Å². The molecule has 0 spiro atoms. The lowest BCUT2D eigenvalue weighted by molar-refractivity contribution is 0.342. The molecule has 4 nitrogen and oxygen atoms in total. The number of nitrogens with zero attached hydrogens (tertiary/aromatic N) is 2. The predicted molar refractivity (Wildman–Crippen MR) is 120 cm³/mol. The molecule has 1 heterocycles. The van der Waals surface area contributed by atoms with Gasteiger partial charge in [-0.05, 0) is 48.0 Å². The number of thioether (sulfide) groups is 1. The Kier molecular flexibility index (Phi) is 6.27. The number of hydrogen-bond acceptors (Lipinski definition) is 4. The van der Waals surface area contributed by atoms with Crippen LogP contribution in [0.4, 0.5) is 0 Å². The van der Waals surface area contributed by atoms with E-state index in [4.69, 9.17) is 26.1 Å². The Labute approximate surface area is 179 Å². The second-order valence-electron chi connectivity index (χ2n) is 6.47. The van der Waals surface area contributed by atoms with Crippen LogP contribution in [0.5, 0.6) is 11.5 Å². The number of rotatable bonds is 8. The Hall–Kier alpha value is -2.63. The average Bonchev–Trinajstić information content (AvgIpc) is 3.08. The topological polar surface area (TPSA) is 36.3 Å². The van der Waals surface area contributed by atoms with Crippen molar-refractivity contribution in [2.45, 2.75) is 11.7 Å². The SMILES string of the molecule is COc1ccc(OCCSc2nc3cc(Cl)ccc3n2Cc2ccccc2)cc1. The number of halogens is 1. The largest absolute Gasteiger partial charge is 0.497 e. The maximum absolute atomic E-state index is 6.17. The van der Waals surface area contributed by atoms with E-state index in [1.165, 1.54) is 5.56 Å². The van der Waals surface area contributed by atoms with Crippen LogP contribution in [-0.2, 0) is 6.54 Å². The average molecular weight is 425 g/mol. The van der Waals surface area contributed by atoms with E-state index >= 15 is 0 Å². The van der Waals surface area contributed by atoms with Crippen molar-refractivity contribution in [1.82, 2.24) is 9.55 Å². The van der Waals surface area contributed by atoms with Crippen LogP contribution in [0.1, 0.15) is 5.56 Å².